The number of aromatic nitrogens is 3. The van der Waals surface area contributed by atoms with Crippen LogP contribution in [0.4, 0.5) is 5.69 Å². The molecule has 1 saturated carbocycles. The van der Waals surface area contributed by atoms with E-state index in [0.29, 0.717) is 34.2 Å². The van der Waals surface area contributed by atoms with Gasteiger partial charge in [0.15, 0.2) is 17.4 Å². The molecule has 0 amide bonds. The fourth-order valence-corrected chi connectivity index (χ4v) is 7.83. The molecule has 1 aromatic carbocycles. The topological polar surface area (TPSA) is 91.8 Å². The van der Waals surface area contributed by atoms with E-state index in [-0.39, 0.29) is 34.8 Å². The summed E-state index contributed by atoms with van der Waals surface area (Å²) in [4.78, 5) is 24.8. The summed E-state index contributed by atoms with van der Waals surface area (Å²) in [5.41, 5.74) is 1.12. The number of hydrogen-bond acceptors (Lipinski definition) is 8. The number of allylic oxidation sites excluding steroid dienone is 3. The summed E-state index contributed by atoms with van der Waals surface area (Å²) in [6.45, 7) is 17.8. The van der Waals surface area contributed by atoms with Crippen molar-refractivity contribution in [2.24, 2.45) is 17.8 Å². The first-order chi connectivity index (χ1) is 25.8. The van der Waals surface area contributed by atoms with Gasteiger partial charge in [0.25, 0.3) is 0 Å². The van der Waals surface area contributed by atoms with E-state index >= 15 is 0 Å². The molecule has 0 spiro atoms. The number of carbonyl (C=O) groups is 1. The maximum atomic E-state index is 14.0. The maximum Gasteiger partial charge on any atom is 0.331 e. The molecule has 53 heavy (non-hydrogen) atoms. The Bertz CT molecular complexity index is 1860. The molecule has 0 N–H and O–H groups in total. The van der Waals surface area contributed by atoms with E-state index in [1.54, 1.807) is 49.3 Å². The Hall–Kier alpha value is -4.78. The minimum atomic E-state index is -0.561. The van der Waals surface area contributed by atoms with Gasteiger partial charge in [-0.15, -0.1) is 5.10 Å². The molecule has 5 rings (SSSR count). The molecule has 284 valence electrons. The average molecular weight is 724 g/mol. The van der Waals surface area contributed by atoms with Crippen molar-refractivity contribution in [3.8, 4) is 22.9 Å². The van der Waals surface area contributed by atoms with Gasteiger partial charge in [0.2, 0.25) is 5.69 Å². The monoisotopic (exact) mass is 723 g/mol. The Morgan fingerprint density at radius 1 is 0.962 bits per heavy atom. The normalized spacial score (nSPS) is 21.1. The van der Waals surface area contributed by atoms with Crippen LogP contribution >= 0.6 is 0 Å². The summed E-state index contributed by atoms with van der Waals surface area (Å²) in [7, 11) is 3.17. The van der Waals surface area contributed by atoms with E-state index in [0.717, 1.165) is 31.7 Å². The lowest BCUT2D eigenvalue weighted by Crippen LogP contribution is -2.37. The van der Waals surface area contributed by atoms with Crippen molar-refractivity contribution in [1.29, 1.82) is 0 Å². The van der Waals surface area contributed by atoms with E-state index in [1.165, 1.54) is 57.8 Å². The second-order valence-corrected chi connectivity index (χ2v) is 14.7. The lowest BCUT2D eigenvalue weighted by molar-refractivity contribution is -0.0249. The Morgan fingerprint density at radius 2 is 1.64 bits per heavy atom. The SMILES string of the molecule is [C-]#[N+]c1c(C(=O)OC2C(C)CC(C)CC2C)c2nc(-c3cc(OC)ccc3OC)nn2/c1=C/C=C/C=C1/OC=CN1CCCCCCCCCCCC. The van der Waals surface area contributed by atoms with Crippen molar-refractivity contribution < 1.29 is 23.7 Å². The molecule has 1 fully saturated rings. The lowest BCUT2D eigenvalue weighted by Gasteiger charge is -2.37. The Kier molecular flexibility index (Phi) is 14.4. The number of nitrogens with zero attached hydrogens (tertiary/aromatic N) is 5. The molecule has 0 radical (unpaired) electrons. The largest absolute Gasteiger partial charge is 0.497 e. The van der Waals surface area contributed by atoms with Crippen molar-refractivity contribution in [2.45, 2.75) is 111 Å². The predicted octanol–water partition coefficient (Wildman–Crippen LogP) is 9.81. The number of fused-ring (bicyclic) bond motifs is 1. The highest BCUT2D eigenvalue weighted by molar-refractivity contribution is 6.03. The summed E-state index contributed by atoms with van der Waals surface area (Å²) >= 11 is 0. The molecule has 3 heterocycles. The van der Waals surface area contributed by atoms with Crippen molar-refractivity contribution >= 4 is 23.4 Å². The van der Waals surface area contributed by atoms with Gasteiger partial charge in [0.05, 0.1) is 31.7 Å². The zero-order valence-corrected chi connectivity index (χ0v) is 32.5. The Labute approximate surface area is 315 Å². The second-order valence-electron chi connectivity index (χ2n) is 14.7. The van der Waals surface area contributed by atoms with Crippen LogP contribution in [-0.2, 0) is 9.47 Å². The minimum absolute atomic E-state index is 0.114. The maximum absolute atomic E-state index is 14.0. The molecular weight excluding hydrogens is 667 g/mol. The summed E-state index contributed by atoms with van der Waals surface area (Å²) in [6, 6.07) is 5.38. The molecular formula is C43H57N5O5. The number of hydrogen-bond donors (Lipinski definition) is 0. The van der Waals surface area contributed by atoms with E-state index < -0.39 is 5.97 Å². The Balaban J connectivity index is 1.38. The predicted molar refractivity (Wildman–Crippen MR) is 209 cm³/mol. The third-order valence-electron chi connectivity index (χ3n) is 10.5. The van der Waals surface area contributed by atoms with Gasteiger partial charge < -0.3 is 23.8 Å². The van der Waals surface area contributed by atoms with Gasteiger partial charge in [-0.2, -0.15) is 0 Å². The van der Waals surface area contributed by atoms with Crippen LogP contribution in [0, 0.1) is 24.3 Å². The third-order valence-corrected chi connectivity index (χ3v) is 10.5. The van der Waals surface area contributed by atoms with Gasteiger partial charge in [0, 0.05) is 12.7 Å². The molecule has 10 nitrogen and oxygen atoms in total. The minimum Gasteiger partial charge on any atom is -0.497 e. The summed E-state index contributed by atoms with van der Waals surface area (Å²) in [5, 5.41) is 5.24. The summed E-state index contributed by atoms with van der Waals surface area (Å²) < 4.78 is 24.6. The van der Waals surface area contributed by atoms with Gasteiger partial charge in [0.1, 0.15) is 29.4 Å². The van der Waals surface area contributed by atoms with Crippen molar-refractivity contribution in [3.63, 3.8) is 0 Å². The number of ether oxygens (including phenoxy) is 4. The highest BCUT2D eigenvalue weighted by Gasteiger charge is 2.36. The van der Waals surface area contributed by atoms with Gasteiger partial charge in [-0.1, -0.05) is 97.6 Å². The van der Waals surface area contributed by atoms with Gasteiger partial charge in [-0.05, 0) is 67.4 Å². The molecule has 2 aliphatic rings. The first-order valence-corrected chi connectivity index (χ1v) is 19.5. The van der Waals surface area contributed by atoms with E-state index in [1.807, 2.05) is 24.4 Å². The number of unbranched alkanes of at least 4 members (excludes halogenated alkanes) is 9. The molecule has 10 heteroatoms. The van der Waals surface area contributed by atoms with E-state index in [9.17, 15) is 4.79 Å². The first-order valence-electron chi connectivity index (χ1n) is 19.5. The van der Waals surface area contributed by atoms with Crippen molar-refractivity contribution in [3.05, 3.63) is 77.1 Å². The first kappa shape index (κ1) is 39.4. The lowest BCUT2D eigenvalue weighted by atomic mass is 9.75. The van der Waals surface area contributed by atoms with Crippen LogP contribution in [0.3, 0.4) is 0 Å². The second kappa shape index (κ2) is 19.3. The van der Waals surface area contributed by atoms with Crippen LogP contribution in [0.1, 0.15) is 115 Å². The zero-order chi connectivity index (χ0) is 37.7. The molecule has 1 aliphatic heterocycles. The number of carbonyl (C=O) groups excluding carboxylic acids is 1. The smallest absolute Gasteiger partial charge is 0.331 e. The summed E-state index contributed by atoms with van der Waals surface area (Å²) in [6.07, 6.45) is 25.7. The highest BCUT2D eigenvalue weighted by atomic mass is 16.5. The van der Waals surface area contributed by atoms with Crippen molar-refractivity contribution in [2.75, 3.05) is 20.8 Å². The van der Waals surface area contributed by atoms with Crippen LogP contribution in [0.5, 0.6) is 11.5 Å². The van der Waals surface area contributed by atoms with Gasteiger partial charge >= 0.3 is 5.97 Å². The van der Waals surface area contributed by atoms with Gasteiger partial charge in [-0.25, -0.2) is 19.1 Å². The fourth-order valence-electron chi connectivity index (χ4n) is 7.83. The average Bonchev–Trinajstić information content (AvgIpc) is 3.86. The molecule has 2 unspecified atom stereocenters. The van der Waals surface area contributed by atoms with Crippen LogP contribution in [-0.4, -0.2) is 52.3 Å². The van der Waals surface area contributed by atoms with Crippen LogP contribution in [0.2, 0.25) is 0 Å². The van der Waals surface area contributed by atoms with Crippen LogP contribution < -0.4 is 14.8 Å². The Morgan fingerprint density at radius 3 is 2.30 bits per heavy atom. The standard InChI is InChI=1S/C43H57N5O5/c1-8-9-10-11-12-13-14-15-16-19-24-47-25-26-52-37(47)21-18-17-20-35-39(44-5)38(43(49)53-40-31(3)27-30(2)28-32(40)4)42-45-41(46-48(35)42)34-29-33(50-6)22-23-36(34)51-7/h17-18,20-23,25-26,29-32,40H,8-16,19,24,27-28H2,1-4,6-7H3/b18-17+,35-20+,37-21+. The summed E-state index contributed by atoms with van der Waals surface area (Å²) in [5.74, 6) is 2.65. The van der Waals surface area contributed by atoms with Crippen LogP contribution in [0.25, 0.3) is 28.0 Å². The number of rotatable bonds is 18. The fraction of sp³-hybridized carbons (Fsp3) is 0.535. The van der Waals surface area contributed by atoms with Crippen molar-refractivity contribution in [1.82, 2.24) is 19.5 Å². The molecule has 0 saturated heterocycles. The van der Waals surface area contributed by atoms with Crippen LogP contribution in [0.15, 0.2) is 54.8 Å². The molecule has 2 atom stereocenters. The number of esters is 1. The van der Waals surface area contributed by atoms with Gasteiger partial charge in [-0.3, -0.25) is 0 Å². The molecule has 2 aromatic heterocycles. The number of methoxy groups -OCH3 is 2. The molecule has 3 aromatic rings. The molecule has 1 aliphatic carbocycles. The quantitative estimate of drug-likeness (QED) is 0.0728. The number of benzene rings is 1. The van der Waals surface area contributed by atoms with E-state index in [4.69, 9.17) is 35.6 Å². The third kappa shape index (κ3) is 9.81. The highest BCUT2D eigenvalue weighted by Crippen LogP contribution is 2.37. The molecule has 0 bridgehead atoms. The van der Waals surface area contributed by atoms with E-state index in [2.05, 4.69) is 37.4 Å². The zero-order valence-electron chi connectivity index (χ0n) is 32.5.